The van der Waals surface area contributed by atoms with Crippen molar-refractivity contribution >= 4 is 28.8 Å². The minimum absolute atomic E-state index is 0.157. The lowest BCUT2D eigenvalue weighted by Gasteiger charge is -2.05. The molecule has 0 bridgehead atoms. The predicted octanol–water partition coefficient (Wildman–Crippen LogP) is 2.74. The van der Waals surface area contributed by atoms with E-state index in [0.29, 0.717) is 17.3 Å². The van der Waals surface area contributed by atoms with E-state index in [-0.39, 0.29) is 5.91 Å². The van der Waals surface area contributed by atoms with Gasteiger partial charge in [0.15, 0.2) is 0 Å². The molecule has 6 heteroatoms. The van der Waals surface area contributed by atoms with Gasteiger partial charge in [0, 0.05) is 16.1 Å². The van der Waals surface area contributed by atoms with E-state index in [1.807, 2.05) is 6.92 Å². The van der Waals surface area contributed by atoms with Gasteiger partial charge in [-0.3, -0.25) is 4.79 Å². The largest absolute Gasteiger partial charge is 0.347 e. The van der Waals surface area contributed by atoms with Gasteiger partial charge in [0.25, 0.3) is 5.91 Å². The second kappa shape index (κ2) is 5.46. The van der Waals surface area contributed by atoms with Gasteiger partial charge in [-0.05, 0) is 26.0 Å². The number of aromatic nitrogens is 2. The smallest absolute Gasteiger partial charge is 0.251 e. The lowest BCUT2D eigenvalue weighted by atomic mass is 10.2. The van der Waals surface area contributed by atoms with E-state index < -0.39 is 0 Å². The van der Waals surface area contributed by atoms with Gasteiger partial charge in [-0.1, -0.05) is 11.6 Å². The number of rotatable bonds is 3. The Morgan fingerprint density at radius 1 is 1.44 bits per heavy atom. The summed E-state index contributed by atoms with van der Waals surface area (Å²) in [4.78, 5) is 21.1. The van der Waals surface area contributed by atoms with E-state index in [1.165, 1.54) is 11.3 Å². The average molecular weight is 282 g/mol. The first kappa shape index (κ1) is 13.0. The number of carbonyl (C=O) groups excluding carboxylic acids is 1. The molecular formula is C12H12ClN3OS. The standard InChI is InChI=1S/C12H12ClN3OS/c1-7-3-9(4-11(13)16-7)12(17)14-5-10-8(2)15-6-18-10/h3-4,6H,5H2,1-2H3,(H,14,17). The van der Waals surface area contributed by atoms with Crippen LogP contribution in [0.3, 0.4) is 0 Å². The van der Waals surface area contributed by atoms with Crippen molar-refractivity contribution in [3.05, 3.63) is 44.6 Å². The molecule has 2 heterocycles. The van der Waals surface area contributed by atoms with Crippen LogP contribution < -0.4 is 5.32 Å². The molecule has 2 aromatic rings. The van der Waals surface area contributed by atoms with Crippen molar-refractivity contribution in [3.8, 4) is 0 Å². The normalized spacial score (nSPS) is 10.4. The van der Waals surface area contributed by atoms with Crippen molar-refractivity contribution < 1.29 is 4.79 Å². The van der Waals surface area contributed by atoms with Crippen molar-refractivity contribution in [3.63, 3.8) is 0 Å². The number of aryl methyl sites for hydroxylation is 2. The zero-order chi connectivity index (χ0) is 13.1. The molecule has 0 aliphatic heterocycles. The lowest BCUT2D eigenvalue weighted by Crippen LogP contribution is -2.22. The van der Waals surface area contributed by atoms with E-state index in [2.05, 4.69) is 15.3 Å². The molecule has 0 aliphatic rings. The van der Waals surface area contributed by atoms with Crippen molar-refractivity contribution in [2.24, 2.45) is 0 Å². The molecular weight excluding hydrogens is 270 g/mol. The maximum Gasteiger partial charge on any atom is 0.251 e. The Labute approximate surface area is 114 Å². The number of hydrogen-bond donors (Lipinski definition) is 1. The van der Waals surface area contributed by atoms with Crippen LogP contribution in [0.4, 0.5) is 0 Å². The van der Waals surface area contributed by atoms with Gasteiger partial charge in [0.2, 0.25) is 0 Å². The first-order chi connectivity index (χ1) is 8.56. The average Bonchev–Trinajstić information content (AvgIpc) is 2.70. The monoisotopic (exact) mass is 281 g/mol. The summed E-state index contributed by atoms with van der Waals surface area (Å²) in [6.07, 6.45) is 0. The third kappa shape index (κ3) is 3.05. The van der Waals surface area contributed by atoms with Gasteiger partial charge >= 0.3 is 0 Å². The SMILES string of the molecule is Cc1cc(C(=O)NCc2scnc2C)cc(Cl)n1. The number of hydrogen-bond acceptors (Lipinski definition) is 4. The molecule has 2 aromatic heterocycles. The Kier molecular flexibility index (Phi) is 3.93. The van der Waals surface area contributed by atoms with Crippen molar-refractivity contribution in [1.29, 1.82) is 0 Å². The Morgan fingerprint density at radius 3 is 2.83 bits per heavy atom. The Bertz CT molecular complexity index is 562. The third-order valence-corrected chi connectivity index (χ3v) is 3.57. The molecule has 0 unspecified atom stereocenters. The molecule has 0 saturated carbocycles. The first-order valence-corrected chi connectivity index (χ1v) is 6.63. The molecule has 1 N–H and O–H groups in total. The van der Waals surface area contributed by atoms with E-state index in [1.54, 1.807) is 24.6 Å². The van der Waals surface area contributed by atoms with Gasteiger partial charge in [-0.15, -0.1) is 11.3 Å². The molecule has 0 spiro atoms. The molecule has 0 radical (unpaired) electrons. The van der Waals surface area contributed by atoms with Gasteiger partial charge in [-0.2, -0.15) is 0 Å². The maximum absolute atomic E-state index is 11.9. The Hall–Kier alpha value is -1.46. The zero-order valence-electron chi connectivity index (χ0n) is 10.0. The Morgan fingerprint density at radius 2 is 2.22 bits per heavy atom. The highest BCUT2D eigenvalue weighted by atomic mass is 35.5. The second-order valence-corrected chi connectivity index (χ2v) is 5.19. The highest BCUT2D eigenvalue weighted by Gasteiger charge is 2.09. The minimum Gasteiger partial charge on any atom is -0.347 e. The number of thiazole rings is 1. The molecule has 2 rings (SSSR count). The minimum atomic E-state index is -0.157. The van der Waals surface area contributed by atoms with E-state index >= 15 is 0 Å². The fraction of sp³-hybridized carbons (Fsp3) is 0.250. The van der Waals surface area contributed by atoms with Crippen molar-refractivity contribution in [1.82, 2.24) is 15.3 Å². The maximum atomic E-state index is 11.9. The van der Waals surface area contributed by atoms with Crippen LogP contribution in [0.5, 0.6) is 0 Å². The summed E-state index contributed by atoms with van der Waals surface area (Å²) in [5, 5.41) is 3.17. The summed E-state index contributed by atoms with van der Waals surface area (Å²) < 4.78 is 0. The van der Waals surface area contributed by atoms with Crippen LogP contribution in [-0.4, -0.2) is 15.9 Å². The molecule has 0 saturated heterocycles. The number of carbonyl (C=O) groups is 1. The fourth-order valence-electron chi connectivity index (χ4n) is 1.52. The van der Waals surface area contributed by atoms with E-state index in [9.17, 15) is 4.79 Å². The van der Waals surface area contributed by atoms with Gasteiger partial charge in [0.1, 0.15) is 5.15 Å². The molecule has 0 fully saturated rings. The number of pyridine rings is 1. The summed E-state index contributed by atoms with van der Waals surface area (Å²) in [5.74, 6) is -0.157. The molecule has 94 valence electrons. The van der Waals surface area contributed by atoms with Crippen LogP contribution in [-0.2, 0) is 6.54 Å². The summed E-state index contributed by atoms with van der Waals surface area (Å²) in [6, 6.07) is 3.27. The van der Waals surface area contributed by atoms with Crippen LogP contribution in [0, 0.1) is 13.8 Å². The molecule has 4 nitrogen and oxygen atoms in total. The van der Waals surface area contributed by atoms with Gasteiger partial charge in [-0.25, -0.2) is 9.97 Å². The summed E-state index contributed by atoms with van der Waals surface area (Å²) in [5.41, 5.74) is 3.96. The third-order valence-electron chi connectivity index (χ3n) is 2.44. The molecule has 0 atom stereocenters. The lowest BCUT2D eigenvalue weighted by molar-refractivity contribution is 0.0951. The van der Waals surface area contributed by atoms with Gasteiger partial charge in [0.05, 0.1) is 17.7 Å². The van der Waals surface area contributed by atoms with Crippen LogP contribution in [0.25, 0.3) is 0 Å². The van der Waals surface area contributed by atoms with Gasteiger partial charge < -0.3 is 5.32 Å². The number of nitrogens with zero attached hydrogens (tertiary/aromatic N) is 2. The van der Waals surface area contributed by atoms with E-state index in [0.717, 1.165) is 16.3 Å². The summed E-state index contributed by atoms with van der Waals surface area (Å²) in [6.45, 7) is 4.20. The predicted molar refractivity (Wildman–Crippen MR) is 72.0 cm³/mol. The van der Waals surface area contributed by atoms with E-state index in [4.69, 9.17) is 11.6 Å². The molecule has 1 amide bonds. The summed E-state index contributed by atoms with van der Waals surface area (Å²) >= 11 is 7.35. The molecule has 0 aliphatic carbocycles. The second-order valence-electron chi connectivity index (χ2n) is 3.86. The van der Waals surface area contributed by atoms with Crippen molar-refractivity contribution in [2.45, 2.75) is 20.4 Å². The Balaban J connectivity index is 2.06. The topological polar surface area (TPSA) is 54.9 Å². The molecule has 18 heavy (non-hydrogen) atoms. The van der Waals surface area contributed by atoms with Crippen LogP contribution >= 0.6 is 22.9 Å². The first-order valence-electron chi connectivity index (χ1n) is 5.37. The number of halogens is 1. The highest BCUT2D eigenvalue weighted by Crippen LogP contribution is 2.13. The van der Waals surface area contributed by atoms with Crippen LogP contribution in [0.15, 0.2) is 17.6 Å². The van der Waals surface area contributed by atoms with Crippen LogP contribution in [0.2, 0.25) is 5.15 Å². The highest BCUT2D eigenvalue weighted by molar-refractivity contribution is 7.09. The quantitative estimate of drug-likeness (QED) is 0.880. The summed E-state index contributed by atoms with van der Waals surface area (Å²) in [7, 11) is 0. The zero-order valence-corrected chi connectivity index (χ0v) is 11.6. The fourth-order valence-corrected chi connectivity index (χ4v) is 2.49. The van der Waals surface area contributed by atoms with Crippen molar-refractivity contribution in [2.75, 3.05) is 0 Å². The number of nitrogens with one attached hydrogen (secondary N) is 1. The van der Waals surface area contributed by atoms with Crippen LogP contribution in [0.1, 0.15) is 26.6 Å². The number of amides is 1. The molecule has 0 aromatic carbocycles.